The van der Waals surface area contributed by atoms with Crippen molar-refractivity contribution in [3.05, 3.63) is 77.0 Å². The number of hydrogen-bond donors (Lipinski definition) is 1. The number of ketones is 1. The zero-order valence-corrected chi connectivity index (χ0v) is 13.2. The van der Waals surface area contributed by atoms with Crippen molar-refractivity contribution in [1.29, 1.82) is 0 Å². The van der Waals surface area contributed by atoms with Crippen molar-refractivity contribution in [2.75, 3.05) is 7.11 Å². The maximum Gasteiger partial charge on any atom is 0.185 e. The molecule has 118 valence electrons. The van der Waals surface area contributed by atoms with E-state index in [1.54, 1.807) is 37.5 Å². The number of allylic oxidation sites excluding steroid dienone is 1. The van der Waals surface area contributed by atoms with Crippen LogP contribution in [0.1, 0.15) is 27.2 Å². The van der Waals surface area contributed by atoms with Crippen molar-refractivity contribution in [2.45, 2.75) is 6.42 Å². The zero-order chi connectivity index (χ0) is 16.5. The number of nitrogens with zero attached hydrogens (tertiary/aromatic N) is 1. The Labute approximate surface area is 139 Å². The molecule has 0 aliphatic heterocycles. The molecule has 0 spiro atoms. The number of nitrogens with one attached hydrogen (secondary N) is 1. The second kappa shape index (κ2) is 5.81. The number of fused-ring (bicyclic) bond motifs is 3. The Morgan fingerprint density at radius 2 is 1.96 bits per heavy atom. The minimum absolute atomic E-state index is 0.0449. The first-order chi connectivity index (χ1) is 11.8. The number of hydrogen-bond acceptors (Lipinski definition) is 3. The fourth-order valence-electron chi connectivity index (χ4n) is 3.02. The lowest BCUT2D eigenvalue weighted by atomic mass is 10.1. The van der Waals surface area contributed by atoms with Crippen LogP contribution in [0.5, 0.6) is 5.75 Å². The molecule has 1 heterocycles. The SMILES string of the molecule is COc1ccc(C(=O)/C=C/c2[nH]nc3c2Cc2ccccc2-3)cc1. The van der Waals surface area contributed by atoms with Gasteiger partial charge in [0.05, 0.1) is 18.5 Å². The van der Waals surface area contributed by atoms with Crippen molar-refractivity contribution in [3.63, 3.8) is 0 Å². The Bertz CT molecular complexity index is 937. The molecular weight excluding hydrogens is 300 g/mol. The molecule has 4 rings (SSSR count). The third kappa shape index (κ3) is 2.42. The Hall–Kier alpha value is -3.14. The number of H-pyrrole nitrogens is 1. The van der Waals surface area contributed by atoms with Crippen molar-refractivity contribution >= 4 is 11.9 Å². The molecule has 0 fully saturated rings. The second-order valence-electron chi connectivity index (χ2n) is 5.72. The van der Waals surface area contributed by atoms with E-state index in [1.807, 2.05) is 18.2 Å². The summed E-state index contributed by atoms with van der Waals surface area (Å²) in [4.78, 5) is 12.3. The monoisotopic (exact) mass is 316 g/mol. The predicted octanol–water partition coefficient (Wildman–Crippen LogP) is 3.89. The normalized spacial score (nSPS) is 12.2. The Morgan fingerprint density at radius 1 is 1.17 bits per heavy atom. The summed E-state index contributed by atoms with van der Waals surface area (Å²) in [6, 6.07) is 15.3. The number of ether oxygens (including phenoxy) is 1. The molecule has 0 saturated heterocycles. The molecule has 1 aliphatic rings. The van der Waals surface area contributed by atoms with Gasteiger partial charge in [-0.1, -0.05) is 24.3 Å². The van der Waals surface area contributed by atoms with E-state index in [-0.39, 0.29) is 5.78 Å². The average molecular weight is 316 g/mol. The summed E-state index contributed by atoms with van der Waals surface area (Å²) in [6.07, 6.45) is 4.24. The largest absolute Gasteiger partial charge is 0.497 e. The first kappa shape index (κ1) is 14.5. The lowest BCUT2D eigenvalue weighted by molar-refractivity contribution is 0.104. The van der Waals surface area contributed by atoms with Crippen LogP contribution in [-0.2, 0) is 6.42 Å². The van der Waals surface area contributed by atoms with Crippen molar-refractivity contribution in [1.82, 2.24) is 10.2 Å². The van der Waals surface area contributed by atoms with E-state index in [4.69, 9.17) is 4.74 Å². The van der Waals surface area contributed by atoms with Gasteiger partial charge in [0.15, 0.2) is 5.78 Å². The number of aromatic nitrogens is 2. The number of rotatable bonds is 4. The summed E-state index contributed by atoms with van der Waals surface area (Å²) >= 11 is 0. The van der Waals surface area contributed by atoms with Crippen LogP contribution in [0, 0.1) is 0 Å². The van der Waals surface area contributed by atoms with Crippen LogP contribution in [-0.4, -0.2) is 23.1 Å². The van der Waals surface area contributed by atoms with E-state index in [2.05, 4.69) is 22.3 Å². The van der Waals surface area contributed by atoms with E-state index >= 15 is 0 Å². The average Bonchev–Trinajstić information content (AvgIpc) is 3.19. The van der Waals surface area contributed by atoms with Crippen molar-refractivity contribution < 1.29 is 9.53 Å². The second-order valence-corrected chi connectivity index (χ2v) is 5.72. The van der Waals surface area contributed by atoms with Gasteiger partial charge in [-0.05, 0) is 42.0 Å². The summed E-state index contributed by atoms with van der Waals surface area (Å²) in [6.45, 7) is 0. The molecule has 1 aromatic heterocycles. The van der Waals surface area contributed by atoms with Gasteiger partial charge in [0, 0.05) is 23.1 Å². The lowest BCUT2D eigenvalue weighted by Crippen LogP contribution is -1.94. The quantitative estimate of drug-likeness (QED) is 0.459. The van der Waals surface area contributed by atoms with E-state index < -0.39 is 0 Å². The highest BCUT2D eigenvalue weighted by molar-refractivity contribution is 6.07. The fourth-order valence-corrected chi connectivity index (χ4v) is 3.02. The van der Waals surface area contributed by atoms with Gasteiger partial charge in [-0.15, -0.1) is 0 Å². The first-order valence-corrected chi connectivity index (χ1v) is 7.78. The zero-order valence-electron chi connectivity index (χ0n) is 13.2. The molecule has 1 N–H and O–H groups in total. The van der Waals surface area contributed by atoms with Gasteiger partial charge in [-0.3, -0.25) is 9.89 Å². The molecule has 4 nitrogen and oxygen atoms in total. The summed E-state index contributed by atoms with van der Waals surface area (Å²) in [5.74, 6) is 0.691. The van der Waals surface area contributed by atoms with Gasteiger partial charge in [-0.2, -0.15) is 5.10 Å². The number of benzene rings is 2. The molecule has 0 atom stereocenters. The van der Waals surface area contributed by atoms with Crippen LogP contribution in [0.4, 0.5) is 0 Å². The summed E-state index contributed by atoms with van der Waals surface area (Å²) in [5, 5.41) is 7.44. The van der Waals surface area contributed by atoms with Gasteiger partial charge in [0.2, 0.25) is 0 Å². The van der Waals surface area contributed by atoms with Crippen LogP contribution in [0.15, 0.2) is 54.6 Å². The summed E-state index contributed by atoms with van der Waals surface area (Å²) in [5.41, 5.74) is 6.11. The summed E-state index contributed by atoms with van der Waals surface area (Å²) < 4.78 is 5.11. The number of aromatic amines is 1. The number of carbonyl (C=O) groups excluding carboxylic acids is 1. The minimum atomic E-state index is -0.0449. The molecule has 0 amide bonds. The standard InChI is InChI=1S/C20H16N2O2/c1-24-15-8-6-13(7-9-15)19(23)11-10-18-17-12-14-4-2-3-5-16(14)20(17)22-21-18/h2-11H,12H2,1H3,(H,21,22)/b11-10+. The molecule has 4 heteroatoms. The van der Waals surface area contributed by atoms with E-state index in [0.717, 1.165) is 29.1 Å². The highest BCUT2D eigenvalue weighted by Gasteiger charge is 2.23. The van der Waals surface area contributed by atoms with Gasteiger partial charge in [-0.25, -0.2) is 0 Å². The van der Waals surface area contributed by atoms with Gasteiger partial charge < -0.3 is 4.74 Å². The number of methoxy groups -OCH3 is 1. The van der Waals surface area contributed by atoms with E-state index in [0.29, 0.717) is 5.56 Å². The Balaban J connectivity index is 1.57. The van der Waals surface area contributed by atoms with Gasteiger partial charge in [0.1, 0.15) is 5.75 Å². The highest BCUT2D eigenvalue weighted by atomic mass is 16.5. The fraction of sp³-hybridized carbons (Fsp3) is 0.100. The molecule has 3 aromatic rings. The maximum atomic E-state index is 12.3. The minimum Gasteiger partial charge on any atom is -0.497 e. The molecule has 0 bridgehead atoms. The molecule has 2 aromatic carbocycles. The molecule has 1 aliphatic carbocycles. The topological polar surface area (TPSA) is 55.0 Å². The predicted molar refractivity (Wildman–Crippen MR) is 93.2 cm³/mol. The molecule has 0 radical (unpaired) electrons. The number of carbonyl (C=O) groups is 1. The van der Waals surface area contributed by atoms with Crippen LogP contribution in [0.25, 0.3) is 17.3 Å². The van der Waals surface area contributed by atoms with E-state index in [1.165, 1.54) is 11.1 Å². The summed E-state index contributed by atoms with van der Waals surface area (Å²) in [7, 11) is 1.60. The van der Waals surface area contributed by atoms with Crippen LogP contribution < -0.4 is 4.74 Å². The third-order valence-corrected chi connectivity index (χ3v) is 4.31. The lowest BCUT2D eigenvalue weighted by Gasteiger charge is -2.00. The highest BCUT2D eigenvalue weighted by Crippen LogP contribution is 2.36. The van der Waals surface area contributed by atoms with Crippen molar-refractivity contribution in [3.8, 4) is 17.0 Å². The van der Waals surface area contributed by atoms with Crippen LogP contribution >= 0.6 is 0 Å². The Morgan fingerprint density at radius 3 is 2.75 bits per heavy atom. The third-order valence-electron chi connectivity index (χ3n) is 4.31. The van der Waals surface area contributed by atoms with E-state index in [9.17, 15) is 4.79 Å². The van der Waals surface area contributed by atoms with Gasteiger partial charge >= 0.3 is 0 Å². The first-order valence-electron chi connectivity index (χ1n) is 7.78. The van der Waals surface area contributed by atoms with Crippen LogP contribution in [0.3, 0.4) is 0 Å². The Kier molecular flexibility index (Phi) is 3.50. The smallest absolute Gasteiger partial charge is 0.185 e. The molecule has 0 saturated carbocycles. The molecule has 0 unspecified atom stereocenters. The molecule has 24 heavy (non-hydrogen) atoms. The molecular formula is C20H16N2O2. The van der Waals surface area contributed by atoms with Crippen LogP contribution in [0.2, 0.25) is 0 Å². The van der Waals surface area contributed by atoms with Gasteiger partial charge in [0.25, 0.3) is 0 Å². The maximum absolute atomic E-state index is 12.3. The van der Waals surface area contributed by atoms with Crippen molar-refractivity contribution in [2.24, 2.45) is 0 Å².